The molecule has 1 saturated heterocycles. The van der Waals surface area contributed by atoms with Gasteiger partial charge in [-0.25, -0.2) is 0 Å². The van der Waals surface area contributed by atoms with Crippen molar-refractivity contribution in [3.05, 3.63) is 13.8 Å². The van der Waals surface area contributed by atoms with Crippen molar-refractivity contribution in [1.29, 1.82) is 0 Å². The average molecular weight is 450 g/mol. The van der Waals surface area contributed by atoms with E-state index in [9.17, 15) is 9.59 Å². The number of carbonyl (C=O) groups excluding carboxylic acids is 2. The topological polar surface area (TPSA) is 49.9 Å². The summed E-state index contributed by atoms with van der Waals surface area (Å²) in [6, 6.07) is 0. The number of hydrogen-bond acceptors (Lipinski definition) is 3. The monoisotopic (exact) mass is 450 g/mol. The summed E-state index contributed by atoms with van der Waals surface area (Å²) in [6.45, 7) is 9.62. The van der Waals surface area contributed by atoms with E-state index in [0.717, 1.165) is 0 Å². The Morgan fingerprint density at radius 2 is 1.69 bits per heavy atom. The predicted octanol–water partition coefficient (Wildman–Crippen LogP) is -0.658. The van der Waals surface area contributed by atoms with Gasteiger partial charge in [-0.2, -0.15) is 0 Å². The maximum Gasteiger partial charge on any atom is 2.00 e. The first kappa shape index (κ1) is 16.0. The Morgan fingerprint density at radius 1 is 1.19 bits per heavy atom. The Hall–Kier alpha value is -0.0481. The van der Waals surface area contributed by atoms with Crippen LogP contribution < -0.4 is 0 Å². The van der Waals surface area contributed by atoms with Crippen LogP contribution in [0, 0.1) is 45.0 Å². The molecule has 1 aliphatic heterocycles. The van der Waals surface area contributed by atoms with Gasteiger partial charge in [0.1, 0.15) is 0 Å². The molecule has 0 radical (unpaired) electrons. The van der Waals surface area contributed by atoms with Gasteiger partial charge in [0.2, 0.25) is 0 Å². The van der Waals surface area contributed by atoms with Crippen LogP contribution in [0.4, 0.5) is 0 Å². The van der Waals surface area contributed by atoms with Crippen molar-refractivity contribution in [3.8, 4) is 0 Å². The molecule has 6 heteroatoms. The molecule has 2 amide bonds. The fourth-order valence-corrected chi connectivity index (χ4v) is 1.35. The minimum Gasteiger partial charge on any atom is -0.394 e. The Balaban J connectivity index is 0.00000225. The molecule has 0 aromatic rings. The quantitative estimate of drug-likeness (QED) is 0.415. The minimum atomic E-state index is -0.526. The molecule has 1 heterocycles. The van der Waals surface area contributed by atoms with E-state index in [1.54, 1.807) is 0 Å². The van der Waals surface area contributed by atoms with E-state index in [0.29, 0.717) is 26.3 Å². The molecule has 0 spiro atoms. The van der Waals surface area contributed by atoms with Gasteiger partial charge < -0.3 is 28.4 Å². The van der Waals surface area contributed by atoms with Crippen molar-refractivity contribution in [1.82, 2.24) is 9.80 Å². The smallest absolute Gasteiger partial charge is 0.394 e. The Morgan fingerprint density at radius 3 is 2.12 bits per heavy atom. The van der Waals surface area contributed by atoms with Crippen LogP contribution in [-0.2, 0) is 14.3 Å². The van der Waals surface area contributed by atoms with E-state index < -0.39 is 11.8 Å². The molecule has 0 aromatic heterocycles. The third-order valence-corrected chi connectivity index (χ3v) is 2.31. The molecule has 1 aliphatic rings. The molecular formula is C10H16N2O3U. The number of ether oxygens (including phenoxy) is 1. The fourth-order valence-electron chi connectivity index (χ4n) is 1.35. The van der Waals surface area contributed by atoms with Crippen molar-refractivity contribution in [3.63, 3.8) is 0 Å². The summed E-state index contributed by atoms with van der Waals surface area (Å²) < 4.78 is 5.10. The first-order chi connectivity index (χ1) is 7.20. The molecule has 0 aromatic carbocycles. The van der Waals surface area contributed by atoms with Crippen LogP contribution in [0.25, 0.3) is 0 Å². The van der Waals surface area contributed by atoms with Gasteiger partial charge in [-0.05, 0) is 0 Å². The van der Waals surface area contributed by atoms with Crippen LogP contribution in [0.3, 0.4) is 0 Å². The van der Waals surface area contributed by atoms with E-state index in [4.69, 9.17) is 4.74 Å². The van der Waals surface area contributed by atoms with E-state index in [2.05, 4.69) is 13.8 Å². The molecule has 0 unspecified atom stereocenters. The first-order valence-electron chi connectivity index (χ1n) is 4.95. The standard InChI is InChI=1S/C10H16N2O3.U/c1-3-11(4-2)9(13)10(14)12-5-7-15-8-6-12;/h1-8H2;/q-2;+2. The minimum absolute atomic E-state index is 0. The van der Waals surface area contributed by atoms with Gasteiger partial charge in [0.05, 0.1) is 13.2 Å². The summed E-state index contributed by atoms with van der Waals surface area (Å²) in [7, 11) is 0. The summed E-state index contributed by atoms with van der Waals surface area (Å²) in [4.78, 5) is 26.1. The number of rotatable bonds is 2. The largest absolute Gasteiger partial charge is 2.00 e. The number of amides is 2. The van der Waals surface area contributed by atoms with Gasteiger partial charge in [-0.15, -0.1) is 13.1 Å². The van der Waals surface area contributed by atoms with Crippen LogP contribution in [0.2, 0.25) is 0 Å². The summed E-state index contributed by atoms with van der Waals surface area (Å²) in [6.07, 6.45) is 0. The Bertz CT molecular complexity index is 238. The predicted molar refractivity (Wildman–Crippen MR) is 54.7 cm³/mol. The zero-order valence-electron chi connectivity index (χ0n) is 9.28. The Labute approximate surface area is 120 Å². The van der Waals surface area contributed by atoms with Gasteiger partial charge in [-0.3, -0.25) is 9.59 Å². The van der Waals surface area contributed by atoms with Crippen LogP contribution in [0.15, 0.2) is 0 Å². The van der Waals surface area contributed by atoms with E-state index >= 15 is 0 Å². The van der Waals surface area contributed by atoms with Crippen molar-refractivity contribution in [2.45, 2.75) is 0 Å². The molecule has 0 atom stereocenters. The van der Waals surface area contributed by atoms with Crippen LogP contribution in [-0.4, -0.2) is 61.0 Å². The summed E-state index contributed by atoms with van der Waals surface area (Å²) in [5, 5.41) is 0. The third-order valence-electron chi connectivity index (χ3n) is 2.31. The first-order valence-corrected chi connectivity index (χ1v) is 4.95. The van der Waals surface area contributed by atoms with Crippen molar-refractivity contribution in [2.75, 3.05) is 39.4 Å². The van der Waals surface area contributed by atoms with E-state index in [1.165, 1.54) is 9.80 Å². The summed E-state index contributed by atoms with van der Waals surface area (Å²) in [5.41, 5.74) is 0. The van der Waals surface area contributed by atoms with Gasteiger partial charge >= 0.3 is 42.9 Å². The molecule has 1 rings (SSSR count). The van der Waals surface area contributed by atoms with Gasteiger partial charge in [0.25, 0.3) is 0 Å². The number of hydrogen-bond donors (Lipinski definition) is 0. The maximum atomic E-state index is 11.7. The third kappa shape index (κ3) is 4.08. The molecular weight excluding hydrogens is 434 g/mol. The van der Waals surface area contributed by atoms with Crippen LogP contribution in [0.1, 0.15) is 0 Å². The van der Waals surface area contributed by atoms with Crippen molar-refractivity contribution < 1.29 is 45.4 Å². The van der Waals surface area contributed by atoms with Crippen molar-refractivity contribution in [2.24, 2.45) is 0 Å². The number of nitrogens with zero attached hydrogens (tertiary/aromatic N) is 2. The van der Waals surface area contributed by atoms with E-state index in [-0.39, 0.29) is 44.2 Å². The molecule has 88 valence electrons. The second kappa shape index (κ2) is 8.10. The normalized spacial score (nSPS) is 15.2. The average Bonchev–Trinajstić information content (AvgIpc) is 2.30. The van der Waals surface area contributed by atoms with Crippen LogP contribution >= 0.6 is 0 Å². The van der Waals surface area contributed by atoms with E-state index in [1.807, 2.05) is 0 Å². The molecule has 1 fully saturated rings. The van der Waals surface area contributed by atoms with Crippen molar-refractivity contribution >= 4 is 11.8 Å². The maximum absolute atomic E-state index is 11.7. The summed E-state index contributed by atoms with van der Waals surface area (Å²) >= 11 is 0. The SMILES string of the molecule is [CH2-]CN(C[CH2-])C(=O)C(=O)N1CCOCC1.[U+2]. The zero-order valence-corrected chi connectivity index (χ0v) is 13.4. The Kier molecular flexibility index (Phi) is 8.08. The zero-order chi connectivity index (χ0) is 11.3. The molecule has 0 bridgehead atoms. The number of morpholine rings is 1. The molecule has 0 saturated carbocycles. The van der Waals surface area contributed by atoms with Gasteiger partial charge in [-0.1, -0.05) is 0 Å². The van der Waals surface area contributed by atoms with Gasteiger partial charge in [0, 0.05) is 13.1 Å². The fraction of sp³-hybridized carbons (Fsp3) is 0.600. The molecule has 0 N–H and O–H groups in total. The van der Waals surface area contributed by atoms with Gasteiger partial charge in [0.15, 0.2) is 0 Å². The molecule has 0 aliphatic carbocycles. The molecule has 16 heavy (non-hydrogen) atoms. The molecule has 5 nitrogen and oxygen atoms in total. The second-order valence-corrected chi connectivity index (χ2v) is 3.20. The second-order valence-electron chi connectivity index (χ2n) is 3.20. The van der Waals surface area contributed by atoms with Crippen LogP contribution in [0.5, 0.6) is 0 Å². The summed E-state index contributed by atoms with van der Waals surface area (Å²) in [5.74, 6) is -1.01. The number of carbonyl (C=O) groups is 2.